The van der Waals surface area contributed by atoms with Gasteiger partial charge in [-0.05, 0) is 25.8 Å². The Morgan fingerprint density at radius 2 is 1.86 bits per heavy atom. The van der Waals surface area contributed by atoms with Crippen molar-refractivity contribution in [2.75, 3.05) is 20.7 Å². The maximum Gasteiger partial charge on any atom is 0.306 e. The lowest BCUT2D eigenvalue weighted by atomic mass is 9.94. The van der Waals surface area contributed by atoms with E-state index in [-0.39, 0.29) is 18.3 Å². The Morgan fingerprint density at radius 3 is 2.36 bits per heavy atom. The van der Waals surface area contributed by atoms with Crippen molar-refractivity contribution in [1.29, 1.82) is 0 Å². The predicted molar refractivity (Wildman–Crippen MR) is 86.2 cm³/mol. The van der Waals surface area contributed by atoms with E-state index in [1.165, 1.54) is 7.11 Å². The molecule has 1 amide bonds. The van der Waals surface area contributed by atoms with Crippen molar-refractivity contribution in [3.05, 3.63) is 35.9 Å². The van der Waals surface area contributed by atoms with Crippen molar-refractivity contribution in [2.45, 2.75) is 32.2 Å². The monoisotopic (exact) mass is 306 g/mol. The molecule has 22 heavy (non-hydrogen) atoms. The summed E-state index contributed by atoms with van der Waals surface area (Å²) in [4.78, 5) is 25.8. The first-order chi connectivity index (χ1) is 10.2. The highest BCUT2D eigenvalue weighted by molar-refractivity contribution is 5.84. The average molecular weight is 306 g/mol. The first-order valence-electron chi connectivity index (χ1n) is 7.37. The summed E-state index contributed by atoms with van der Waals surface area (Å²) < 4.78 is 4.71. The zero-order chi connectivity index (χ0) is 16.8. The SMILES string of the molecule is COC(=O)C[C@@H](Cc1ccccc1)C(=O)N(C)CC(C)(C)N. The molecule has 0 saturated heterocycles. The number of nitrogens with zero attached hydrogens (tertiary/aromatic N) is 1. The summed E-state index contributed by atoms with van der Waals surface area (Å²) in [6.07, 6.45) is 0.573. The molecule has 0 aliphatic rings. The van der Waals surface area contributed by atoms with Crippen molar-refractivity contribution in [3.8, 4) is 0 Å². The standard InChI is InChI=1S/C17H26N2O3/c1-17(2,18)12-19(3)16(21)14(11-15(20)22-4)10-13-8-6-5-7-9-13/h5-9,14H,10-12,18H2,1-4H3/t14-/m1/s1. The van der Waals surface area contributed by atoms with Crippen LogP contribution in [0.25, 0.3) is 0 Å². The van der Waals surface area contributed by atoms with E-state index >= 15 is 0 Å². The third-order valence-electron chi connectivity index (χ3n) is 3.34. The molecular weight excluding hydrogens is 280 g/mol. The Balaban J connectivity index is 2.84. The molecule has 0 aromatic heterocycles. The molecule has 5 heteroatoms. The molecule has 2 N–H and O–H groups in total. The second-order valence-electron chi connectivity index (χ2n) is 6.35. The summed E-state index contributed by atoms with van der Waals surface area (Å²) in [6, 6.07) is 9.65. The molecule has 0 fully saturated rings. The van der Waals surface area contributed by atoms with Crippen molar-refractivity contribution < 1.29 is 14.3 Å². The van der Waals surface area contributed by atoms with Crippen LogP contribution in [0.3, 0.4) is 0 Å². The van der Waals surface area contributed by atoms with Gasteiger partial charge in [-0.1, -0.05) is 30.3 Å². The Kier molecular flexibility index (Phi) is 6.56. The molecule has 122 valence electrons. The van der Waals surface area contributed by atoms with Crippen LogP contribution in [-0.2, 0) is 20.7 Å². The maximum atomic E-state index is 12.6. The largest absolute Gasteiger partial charge is 0.469 e. The van der Waals surface area contributed by atoms with E-state index in [0.717, 1.165) is 5.56 Å². The number of esters is 1. The predicted octanol–water partition coefficient (Wildman–Crippen LogP) is 1.60. The van der Waals surface area contributed by atoms with Crippen LogP contribution in [0.2, 0.25) is 0 Å². The quantitative estimate of drug-likeness (QED) is 0.777. The van der Waals surface area contributed by atoms with Crippen LogP contribution in [0, 0.1) is 5.92 Å². The lowest BCUT2D eigenvalue weighted by molar-refractivity contribution is -0.146. The first-order valence-corrected chi connectivity index (χ1v) is 7.37. The Bertz CT molecular complexity index is 494. The van der Waals surface area contributed by atoms with E-state index in [0.29, 0.717) is 13.0 Å². The van der Waals surface area contributed by atoms with E-state index in [2.05, 4.69) is 0 Å². The Hall–Kier alpha value is -1.88. The normalized spacial score (nSPS) is 12.6. The number of carbonyl (C=O) groups is 2. The molecule has 0 aliphatic carbocycles. The summed E-state index contributed by atoms with van der Waals surface area (Å²) >= 11 is 0. The number of methoxy groups -OCH3 is 1. The van der Waals surface area contributed by atoms with E-state index < -0.39 is 11.5 Å². The number of carbonyl (C=O) groups excluding carboxylic acids is 2. The van der Waals surface area contributed by atoms with Crippen LogP contribution in [0.4, 0.5) is 0 Å². The van der Waals surface area contributed by atoms with Crippen LogP contribution in [0.1, 0.15) is 25.8 Å². The molecule has 0 bridgehead atoms. The summed E-state index contributed by atoms with van der Waals surface area (Å²) in [5.41, 5.74) is 6.51. The van der Waals surface area contributed by atoms with Gasteiger partial charge in [0.2, 0.25) is 5.91 Å². The van der Waals surface area contributed by atoms with Crippen molar-refractivity contribution in [2.24, 2.45) is 11.7 Å². The fourth-order valence-electron chi connectivity index (χ4n) is 2.43. The van der Waals surface area contributed by atoms with Gasteiger partial charge in [-0.15, -0.1) is 0 Å². The minimum absolute atomic E-state index is 0.0690. The molecule has 0 heterocycles. The van der Waals surface area contributed by atoms with Gasteiger partial charge in [0.05, 0.1) is 19.4 Å². The van der Waals surface area contributed by atoms with E-state index in [4.69, 9.17) is 10.5 Å². The van der Waals surface area contributed by atoms with Gasteiger partial charge in [0.1, 0.15) is 0 Å². The highest BCUT2D eigenvalue weighted by Gasteiger charge is 2.27. The van der Waals surface area contributed by atoms with E-state index in [9.17, 15) is 9.59 Å². The van der Waals surface area contributed by atoms with Crippen molar-refractivity contribution >= 4 is 11.9 Å². The van der Waals surface area contributed by atoms with Gasteiger partial charge in [-0.25, -0.2) is 0 Å². The smallest absolute Gasteiger partial charge is 0.306 e. The van der Waals surface area contributed by atoms with E-state index in [1.807, 2.05) is 44.2 Å². The zero-order valence-corrected chi connectivity index (χ0v) is 13.8. The summed E-state index contributed by atoms with van der Waals surface area (Å²) in [6.45, 7) is 4.16. The zero-order valence-electron chi connectivity index (χ0n) is 13.8. The van der Waals surface area contributed by atoms with Crippen LogP contribution < -0.4 is 5.73 Å². The number of ether oxygens (including phenoxy) is 1. The Morgan fingerprint density at radius 1 is 1.27 bits per heavy atom. The van der Waals surface area contributed by atoms with Gasteiger partial charge >= 0.3 is 5.97 Å². The minimum atomic E-state index is -0.479. The average Bonchev–Trinajstić information content (AvgIpc) is 2.44. The molecule has 0 spiro atoms. The molecule has 1 aromatic rings. The molecule has 1 atom stereocenters. The lowest BCUT2D eigenvalue weighted by Crippen LogP contribution is -2.48. The summed E-state index contributed by atoms with van der Waals surface area (Å²) in [5.74, 6) is -0.912. The number of hydrogen-bond acceptors (Lipinski definition) is 4. The molecule has 5 nitrogen and oxygen atoms in total. The van der Waals surface area contributed by atoms with Crippen LogP contribution in [0.15, 0.2) is 30.3 Å². The van der Waals surface area contributed by atoms with Gasteiger partial charge < -0.3 is 15.4 Å². The second-order valence-corrected chi connectivity index (χ2v) is 6.35. The van der Waals surface area contributed by atoms with Crippen molar-refractivity contribution in [3.63, 3.8) is 0 Å². The summed E-state index contributed by atoms with van der Waals surface area (Å²) in [7, 11) is 3.05. The molecule has 0 aliphatic heterocycles. The van der Waals surface area contributed by atoms with Gasteiger partial charge in [-0.3, -0.25) is 9.59 Å². The number of benzene rings is 1. The number of hydrogen-bond donors (Lipinski definition) is 1. The first kappa shape index (κ1) is 18.2. The lowest BCUT2D eigenvalue weighted by Gasteiger charge is -2.29. The molecular formula is C17H26N2O3. The topological polar surface area (TPSA) is 72.6 Å². The third-order valence-corrected chi connectivity index (χ3v) is 3.34. The molecule has 1 aromatic carbocycles. The van der Waals surface area contributed by atoms with Crippen molar-refractivity contribution in [1.82, 2.24) is 4.90 Å². The number of likely N-dealkylation sites (N-methyl/N-ethyl adjacent to an activating group) is 1. The van der Waals surface area contributed by atoms with Gasteiger partial charge in [0, 0.05) is 19.1 Å². The number of amides is 1. The minimum Gasteiger partial charge on any atom is -0.469 e. The fourth-order valence-corrected chi connectivity index (χ4v) is 2.43. The summed E-state index contributed by atoms with van der Waals surface area (Å²) in [5, 5.41) is 0. The van der Waals surface area contributed by atoms with Gasteiger partial charge in [0.15, 0.2) is 0 Å². The second kappa shape index (κ2) is 7.94. The molecule has 0 saturated carbocycles. The van der Waals surface area contributed by atoms with Crippen LogP contribution in [-0.4, -0.2) is 43.0 Å². The number of nitrogens with two attached hydrogens (primary N) is 1. The van der Waals surface area contributed by atoms with E-state index in [1.54, 1.807) is 11.9 Å². The highest BCUT2D eigenvalue weighted by Crippen LogP contribution is 2.17. The molecule has 1 rings (SSSR count). The molecule has 0 radical (unpaired) electrons. The van der Waals surface area contributed by atoms with Gasteiger partial charge in [-0.2, -0.15) is 0 Å². The fraction of sp³-hybridized carbons (Fsp3) is 0.529. The third kappa shape index (κ3) is 6.26. The maximum absolute atomic E-state index is 12.6. The van der Waals surface area contributed by atoms with Crippen LogP contribution >= 0.6 is 0 Å². The highest BCUT2D eigenvalue weighted by atomic mass is 16.5. The molecule has 0 unspecified atom stereocenters. The number of rotatable bonds is 7. The Labute approximate surface area is 132 Å². The van der Waals surface area contributed by atoms with Crippen LogP contribution in [0.5, 0.6) is 0 Å². The van der Waals surface area contributed by atoms with Gasteiger partial charge in [0.25, 0.3) is 0 Å².